The molecule has 0 aromatic rings. The van der Waals surface area contributed by atoms with Crippen molar-refractivity contribution in [3.63, 3.8) is 0 Å². The molecule has 1 rings (SSSR count). The molecule has 1 aliphatic heterocycles. The van der Waals surface area contributed by atoms with E-state index >= 15 is 0 Å². The van der Waals surface area contributed by atoms with Gasteiger partial charge in [-0.25, -0.2) is 0 Å². The van der Waals surface area contributed by atoms with Gasteiger partial charge in [0.15, 0.2) is 0 Å². The maximum atomic E-state index is 12.1. The summed E-state index contributed by atoms with van der Waals surface area (Å²) in [4.78, 5) is 16.1. The molecule has 0 unspecified atom stereocenters. The van der Waals surface area contributed by atoms with Crippen LogP contribution in [0.3, 0.4) is 0 Å². The van der Waals surface area contributed by atoms with Gasteiger partial charge in [0, 0.05) is 39.1 Å². The van der Waals surface area contributed by atoms with E-state index < -0.39 is 0 Å². The van der Waals surface area contributed by atoms with Crippen LogP contribution in [-0.4, -0.2) is 54.5 Å². The first-order valence-corrected chi connectivity index (χ1v) is 6.82. The molecule has 102 valence electrons. The van der Waals surface area contributed by atoms with Gasteiger partial charge >= 0.3 is 0 Å². The lowest BCUT2D eigenvalue weighted by Gasteiger charge is -2.35. The number of unbranched alkanes of at least 4 members (excludes halogenated alkanes) is 1. The summed E-state index contributed by atoms with van der Waals surface area (Å²) in [5, 5.41) is 8.53. The van der Waals surface area contributed by atoms with Crippen LogP contribution >= 0.6 is 0 Å². The molecule has 2 N–H and O–H groups in total. The fourth-order valence-corrected chi connectivity index (χ4v) is 2.18. The Labute approximate surface area is 110 Å². The van der Waals surface area contributed by atoms with Gasteiger partial charge in [-0.05, 0) is 6.42 Å². The summed E-state index contributed by atoms with van der Waals surface area (Å²) in [6.45, 7) is 6.10. The van der Waals surface area contributed by atoms with Gasteiger partial charge in [0.2, 0.25) is 5.91 Å². The second-order valence-corrected chi connectivity index (χ2v) is 4.82. The van der Waals surface area contributed by atoms with E-state index in [1.165, 1.54) is 0 Å². The molecule has 0 bridgehead atoms. The second kappa shape index (κ2) is 8.06. The predicted octanol–water partition coefficient (Wildman–Crippen LogP) is 0.562. The number of amides is 1. The lowest BCUT2D eigenvalue weighted by Crippen LogP contribution is -2.53. The van der Waals surface area contributed by atoms with E-state index in [0.717, 1.165) is 52.0 Å². The van der Waals surface area contributed by atoms with Gasteiger partial charge in [-0.15, -0.1) is 0 Å². The van der Waals surface area contributed by atoms with Crippen molar-refractivity contribution in [1.82, 2.24) is 9.80 Å². The Bertz CT molecular complexity index is 292. The zero-order valence-corrected chi connectivity index (χ0v) is 11.3. The molecule has 0 aromatic heterocycles. The zero-order valence-electron chi connectivity index (χ0n) is 11.3. The Morgan fingerprint density at radius 3 is 2.61 bits per heavy atom. The van der Waals surface area contributed by atoms with Gasteiger partial charge in [-0.3, -0.25) is 9.69 Å². The van der Waals surface area contributed by atoms with Crippen LogP contribution in [0.15, 0.2) is 0 Å². The molecular weight excluding hydrogens is 228 g/mol. The first kappa shape index (κ1) is 14.9. The summed E-state index contributed by atoms with van der Waals surface area (Å²) in [6.07, 6.45) is 3.42. The van der Waals surface area contributed by atoms with Crippen molar-refractivity contribution in [1.29, 1.82) is 5.26 Å². The molecule has 5 heteroatoms. The predicted molar refractivity (Wildman–Crippen MR) is 70.8 cm³/mol. The third kappa shape index (κ3) is 4.63. The van der Waals surface area contributed by atoms with Gasteiger partial charge < -0.3 is 10.6 Å². The number of rotatable bonds is 6. The average molecular weight is 252 g/mol. The van der Waals surface area contributed by atoms with Crippen LogP contribution in [0, 0.1) is 11.3 Å². The Morgan fingerprint density at radius 2 is 2.06 bits per heavy atom. The topological polar surface area (TPSA) is 73.4 Å². The molecule has 5 nitrogen and oxygen atoms in total. The Balaban J connectivity index is 2.29. The Kier molecular flexibility index (Phi) is 6.69. The van der Waals surface area contributed by atoms with Gasteiger partial charge in [0.1, 0.15) is 0 Å². The summed E-state index contributed by atoms with van der Waals surface area (Å²) >= 11 is 0. The van der Waals surface area contributed by atoms with Crippen molar-refractivity contribution in [3.8, 4) is 6.07 Å². The molecule has 1 aliphatic rings. The summed E-state index contributed by atoms with van der Waals surface area (Å²) in [5.41, 5.74) is 5.90. The number of piperazine rings is 1. The van der Waals surface area contributed by atoms with Crippen molar-refractivity contribution in [2.24, 2.45) is 5.73 Å². The van der Waals surface area contributed by atoms with E-state index in [1.54, 1.807) is 0 Å². The number of hydrogen-bond donors (Lipinski definition) is 1. The first-order chi connectivity index (χ1) is 8.69. The van der Waals surface area contributed by atoms with Crippen LogP contribution < -0.4 is 5.73 Å². The van der Waals surface area contributed by atoms with Gasteiger partial charge in [0.25, 0.3) is 0 Å². The Morgan fingerprint density at radius 1 is 1.39 bits per heavy atom. The number of hydrogen-bond acceptors (Lipinski definition) is 4. The molecular formula is C13H24N4O. The van der Waals surface area contributed by atoms with E-state index in [4.69, 9.17) is 11.0 Å². The molecule has 0 saturated carbocycles. The zero-order chi connectivity index (χ0) is 13.4. The maximum absolute atomic E-state index is 12.1. The van der Waals surface area contributed by atoms with Crippen molar-refractivity contribution in [2.75, 3.05) is 32.7 Å². The lowest BCUT2D eigenvalue weighted by molar-refractivity contribution is -0.134. The molecule has 0 spiro atoms. The van der Waals surface area contributed by atoms with Crippen molar-refractivity contribution < 1.29 is 4.79 Å². The van der Waals surface area contributed by atoms with Crippen LogP contribution in [-0.2, 0) is 4.79 Å². The average Bonchev–Trinajstić information content (AvgIpc) is 2.42. The summed E-state index contributed by atoms with van der Waals surface area (Å²) < 4.78 is 0. The minimum absolute atomic E-state index is 0.0865. The number of nitrogens with zero attached hydrogens (tertiary/aromatic N) is 3. The van der Waals surface area contributed by atoms with Crippen LogP contribution in [0.1, 0.15) is 32.6 Å². The summed E-state index contributed by atoms with van der Waals surface area (Å²) in [7, 11) is 0. The third-order valence-corrected chi connectivity index (χ3v) is 3.41. The highest BCUT2D eigenvalue weighted by molar-refractivity contribution is 5.81. The number of carbonyl (C=O) groups is 1. The van der Waals surface area contributed by atoms with E-state index in [1.807, 2.05) is 4.90 Å². The highest BCUT2D eigenvalue weighted by Crippen LogP contribution is 2.07. The van der Waals surface area contributed by atoms with Gasteiger partial charge in [-0.1, -0.05) is 19.8 Å². The normalized spacial score (nSPS) is 18.4. The fraction of sp³-hybridized carbons (Fsp3) is 0.846. The Hall–Kier alpha value is -1.12. The number of nitrogens with two attached hydrogens (primary N) is 1. The maximum Gasteiger partial charge on any atom is 0.239 e. The van der Waals surface area contributed by atoms with Gasteiger partial charge in [0.05, 0.1) is 12.1 Å². The monoisotopic (exact) mass is 252 g/mol. The van der Waals surface area contributed by atoms with Crippen LogP contribution in [0.4, 0.5) is 0 Å². The van der Waals surface area contributed by atoms with Gasteiger partial charge in [-0.2, -0.15) is 5.26 Å². The first-order valence-electron chi connectivity index (χ1n) is 6.82. The molecule has 1 saturated heterocycles. The van der Waals surface area contributed by atoms with Crippen molar-refractivity contribution >= 4 is 5.91 Å². The second-order valence-electron chi connectivity index (χ2n) is 4.82. The van der Waals surface area contributed by atoms with E-state index in [2.05, 4.69) is 17.9 Å². The minimum atomic E-state index is -0.337. The highest BCUT2D eigenvalue weighted by Gasteiger charge is 2.24. The van der Waals surface area contributed by atoms with Crippen LogP contribution in [0.2, 0.25) is 0 Å². The molecule has 18 heavy (non-hydrogen) atoms. The van der Waals surface area contributed by atoms with Crippen LogP contribution in [0.25, 0.3) is 0 Å². The third-order valence-electron chi connectivity index (χ3n) is 3.41. The molecule has 0 aromatic carbocycles. The quantitative estimate of drug-likeness (QED) is 0.749. The minimum Gasteiger partial charge on any atom is -0.339 e. The largest absolute Gasteiger partial charge is 0.339 e. The summed E-state index contributed by atoms with van der Waals surface area (Å²) in [6, 6.07) is 1.81. The number of carbonyl (C=O) groups excluding carboxylic acids is 1. The SMILES string of the molecule is CCCC[C@H](N)C(=O)N1CCN(CCC#N)CC1. The molecule has 1 fully saturated rings. The molecule has 1 amide bonds. The highest BCUT2D eigenvalue weighted by atomic mass is 16.2. The van der Waals surface area contributed by atoms with E-state index in [0.29, 0.717) is 6.42 Å². The number of nitriles is 1. The standard InChI is InChI=1S/C13H24N4O/c1-2-3-5-12(15)13(18)17-10-8-16(9-11-17)7-4-6-14/h12H,2-5,7-11,15H2,1H3/t12-/m0/s1. The lowest BCUT2D eigenvalue weighted by atomic mass is 10.1. The molecule has 0 radical (unpaired) electrons. The molecule has 1 heterocycles. The molecule has 0 aliphatic carbocycles. The van der Waals surface area contributed by atoms with Crippen molar-refractivity contribution in [3.05, 3.63) is 0 Å². The summed E-state index contributed by atoms with van der Waals surface area (Å²) in [5.74, 6) is 0.0865. The van der Waals surface area contributed by atoms with E-state index in [-0.39, 0.29) is 11.9 Å². The van der Waals surface area contributed by atoms with E-state index in [9.17, 15) is 4.79 Å². The fourth-order valence-electron chi connectivity index (χ4n) is 2.18. The smallest absolute Gasteiger partial charge is 0.239 e. The molecule has 1 atom stereocenters. The van der Waals surface area contributed by atoms with Crippen LogP contribution in [0.5, 0.6) is 0 Å². The van der Waals surface area contributed by atoms with Crippen molar-refractivity contribution in [2.45, 2.75) is 38.6 Å².